The van der Waals surface area contributed by atoms with Crippen molar-refractivity contribution < 1.29 is 9.72 Å². The summed E-state index contributed by atoms with van der Waals surface area (Å²) in [5.74, 6) is -0.144. The maximum absolute atomic E-state index is 13.4. The number of non-ortho nitro benzene ring substituents is 1. The van der Waals surface area contributed by atoms with Crippen molar-refractivity contribution in [2.45, 2.75) is 0 Å². The third-order valence-corrected chi connectivity index (χ3v) is 6.61. The molecule has 2 heterocycles. The number of nitro groups is 1. The van der Waals surface area contributed by atoms with Gasteiger partial charge in [-0.1, -0.05) is 23.5 Å². The lowest BCUT2D eigenvalue weighted by molar-refractivity contribution is -0.384. The number of nitrogens with zero attached hydrogens (tertiary/aromatic N) is 4. The van der Waals surface area contributed by atoms with Crippen LogP contribution in [0, 0.1) is 10.1 Å². The van der Waals surface area contributed by atoms with Gasteiger partial charge < -0.3 is 4.90 Å². The molecule has 0 aliphatic heterocycles. The molecule has 1 amide bonds. The van der Waals surface area contributed by atoms with Crippen molar-refractivity contribution in [3.05, 3.63) is 63.5 Å². The minimum atomic E-state index is -0.427. The lowest BCUT2D eigenvalue weighted by Crippen LogP contribution is -2.36. The third kappa shape index (κ3) is 3.98. The first-order valence-corrected chi connectivity index (χ1v) is 10.6. The highest BCUT2D eigenvalue weighted by molar-refractivity contribution is 7.23. The van der Waals surface area contributed by atoms with Crippen LogP contribution in [0.1, 0.15) is 9.67 Å². The van der Waals surface area contributed by atoms with Crippen LogP contribution < -0.4 is 4.90 Å². The summed E-state index contributed by atoms with van der Waals surface area (Å²) in [4.78, 5) is 32.9. The van der Waals surface area contributed by atoms with E-state index in [1.54, 1.807) is 17.0 Å². The van der Waals surface area contributed by atoms with Crippen molar-refractivity contribution in [2.75, 3.05) is 32.1 Å². The zero-order valence-electron chi connectivity index (χ0n) is 15.9. The highest BCUT2D eigenvalue weighted by Crippen LogP contribution is 2.33. The second kappa shape index (κ2) is 7.86. The van der Waals surface area contributed by atoms with Crippen molar-refractivity contribution in [3.63, 3.8) is 0 Å². The van der Waals surface area contributed by atoms with Crippen LogP contribution in [0.25, 0.3) is 20.3 Å². The number of fused-ring (bicyclic) bond motifs is 2. The Morgan fingerprint density at radius 3 is 2.59 bits per heavy atom. The number of hydrogen-bond donors (Lipinski definition) is 0. The van der Waals surface area contributed by atoms with Crippen LogP contribution in [0.4, 0.5) is 10.8 Å². The lowest BCUT2D eigenvalue weighted by atomic mass is 10.2. The molecule has 148 valence electrons. The highest BCUT2D eigenvalue weighted by Gasteiger charge is 2.23. The number of thiophene rings is 1. The Morgan fingerprint density at radius 2 is 1.86 bits per heavy atom. The molecule has 9 heteroatoms. The summed E-state index contributed by atoms with van der Waals surface area (Å²) in [6, 6.07) is 14.2. The van der Waals surface area contributed by atoms with Gasteiger partial charge in [-0.05, 0) is 38.4 Å². The third-order valence-electron chi connectivity index (χ3n) is 4.45. The van der Waals surface area contributed by atoms with Crippen LogP contribution in [-0.2, 0) is 0 Å². The Labute approximate surface area is 175 Å². The molecule has 0 aliphatic carbocycles. The van der Waals surface area contributed by atoms with E-state index in [1.807, 2.05) is 43.3 Å². The predicted octanol–water partition coefficient (Wildman–Crippen LogP) is 4.63. The summed E-state index contributed by atoms with van der Waals surface area (Å²) in [7, 11) is 3.92. The second-order valence-corrected chi connectivity index (χ2v) is 8.91. The van der Waals surface area contributed by atoms with Crippen molar-refractivity contribution in [2.24, 2.45) is 0 Å². The number of nitro benzene ring substituents is 1. The van der Waals surface area contributed by atoms with Gasteiger partial charge in [0.25, 0.3) is 11.6 Å². The quantitative estimate of drug-likeness (QED) is 0.332. The van der Waals surface area contributed by atoms with Gasteiger partial charge in [0.05, 0.1) is 20.0 Å². The summed E-state index contributed by atoms with van der Waals surface area (Å²) in [5, 5.41) is 12.4. The molecule has 0 unspecified atom stereocenters. The average Bonchev–Trinajstić information content (AvgIpc) is 3.30. The number of benzene rings is 2. The molecule has 29 heavy (non-hydrogen) atoms. The Kier molecular flexibility index (Phi) is 5.27. The lowest BCUT2D eigenvalue weighted by Gasteiger charge is -2.21. The number of likely N-dealkylation sites (N-methyl/N-ethyl adjacent to an activating group) is 1. The molecule has 2 aromatic carbocycles. The van der Waals surface area contributed by atoms with Crippen LogP contribution >= 0.6 is 22.7 Å². The number of amides is 1. The number of rotatable bonds is 6. The number of anilines is 1. The fourth-order valence-corrected chi connectivity index (χ4v) is 4.92. The van der Waals surface area contributed by atoms with Crippen LogP contribution in [0.15, 0.2) is 48.5 Å². The van der Waals surface area contributed by atoms with Crippen LogP contribution in [0.3, 0.4) is 0 Å². The molecular weight excluding hydrogens is 408 g/mol. The molecule has 0 bridgehead atoms. The zero-order valence-corrected chi connectivity index (χ0v) is 17.5. The molecule has 0 saturated carbocycles. The number of para-hydroxylation sites is 1. The predicted molar refractivity (Wildman–Crippen MR) is 118 cm³/mol. The van der Waals surface area contributed by atoms with Gasteiger partial charge in [-0.3, -0.25) is 19.8 Å². The number of hydrogen-bond acceptors (Lipinski definition) is 7. The summed E-state index contributed by atoms with van der Waals surface area (Å²) >= 11 is 2.82. The molecule has 7 nitrogen and oxygen atoms in total. The molecule has 2 aromatic heterocycles. The number of carbonyl (C=O) groups is 1. The van der Waals surface area contributed by atoms with E-state index in [1.165, 1.54) is 34.8 Å². The van der Waals surface area contributed by atoms with E-state index in [0.717, 1.165) is 14.9 Å². The van der Waals surface area contributed by atoms with Crippen molar-refractivity contribution in [1.29, 1.82) is 0 Å². The number of carbonyl (C=O) groups excluding carboxylic acids is 1. The van der Waals surface area contributed by atoms with Crippen LogP contribution in [0.5, 0.6) is 0 Å². The first kappa shape index (κ1) is 19.4. The van der Waals surface area contributed by atoms with Gasteiger partial charge in [0.15, 0.2) is 5.13 Å². The minimum absolute atomic E-state index is 0.0185. The van der Waals surface area contributed by atoms with Crippen LogP contribution in [-0.4, -0.2) is 47.9 Å². The van der Waals surface area contributed by atoms with E-state index in [9.17, 15) is 14.9 Å². The maximum Gasteiger partial charge on any atom is 0.270 e. The van der Waals surface area contributed by atoms with Gasteiger partial charge >= 0.3 is 0 Å². The van der Waals surface area contributed by atoms with E-state index in [4.69, 9.17) is 0 Å². The molecule has 0 radical (unpaired) electrons. The van der Waals surface area contributed by atoms with Gasteiger partial charge in [-0.25, -0.2) is 4.98 Å². The molecule has 0 N–H and O–H groups in total. The van der Waals surface area contributed by atoms with E-state index >= 15 is 0 Å². The maximum atomic E-state index is 13.4. The smallest absolute Gasteiger partial charge is 0.270 e. The summed E-state index contributed by atoms with van der Waals surface area (Å²) in [6.07, 6.45) is 0. The van der Waals surface area contributed by atoms with E-state index in [-0.39, 0.29) is 11.6 Å². The largest absolute Gasteiger partial charge is 0.308 e. The van der Waals surface area contributed by atoms with Gasteiger partial charge in [0, 0.05) is 35.3 Å². The summed E-state index contributed by atoms with van der Waals surface area (Å²) in [6.45, 7) is 1.19. The van der Waals surface area contributed by atoms with Gasteiger partial charge in [0.1, 0.15) is 0 Å². The van der Waals surface area contributed by atoms with Gasteiger partial charge in [-0.15, -0.1) is 11.3 Å². The van der Waals surface area contributed by atoms with Gasteiger partial charge in [0.2, 0.25) is 0 Å². The average molecular weight is 427 g/mol. The fraction of sp³-hybridized carbons (Fsp3) is 0.200. The molecular formula is C20H18N4O3S2. The highest BCUT2D eigenvalue weighted by atomic mass is 32.1. The first-order valence-electron chi connectivity index (χ1n) is 8.92. The van der Waals surface area contributed by atoms with Crippen molar-refractivity contribution in [3.8, 4) is 0 Å². The Hall–Kier alpha value is -2.88. The molecule has 0 atom stereocenters. The fourth-order valence-electron chi connectivity index (χ4n) is 2.94. The number of aromatic nitrogens is 1. The SMILES string of the molecule is CN(C)CCN(C(=O)c1cc2cc([N+](=O)[O-])ccc2s1)c1nc2ccccc2s1. The number of thiazole rings is 1. The topological polar surface area (TPSA) is 79.6 Å². The van der Waals surface area contributed by atoms with E-state index in [2.05, 4.69) is 4.98 Å². The standard InChI is InChI=1S/C20H18N4O3S2/c1-22(2)9-10-23(20-21-15-5-3-4-6-17(15)29-20)19(25)18-12-13-11-14(24(26)27)7-8-16(13)28-18/h3-8,11-12H,9-10H2,1-2H3. The van der Waals surface area contributed by atoms with E-state index < -0.39 is 4.92 Å². The Balaban J connectivity index is 1.72. The van der Waals surface area contributed by atoms with E-state index in [0.29, 0.717) is 28.5 Å². The van der Waals surface area contributed by atoms with Crippen molar-refractivity contribution in [1.82, 2.24) is 9.88 Å². The molecule has 4 aromatic rings. The molecule has 0 fully saturated rings. The zero-order chi connectivity index (χ0) is 20.5. The Morgan fingerprint density at radius 1 is 1.07 bits per heavy atom. The van der Waals surface area contributed by atoms with Crippen molar-refractivity contribution >= 4 is 59.7 Å². The normalized spacial score (nSPS) is 11.4. The molecule has 0 saturated heterocycles. The monoisotopic (exact) mass is 426 g/mol. The molecule has 4 rings (SSSR count). The second-order valence-electron chi connectivity index (χ2n) is 6.81. The van der Waals surface area contributed by atoms with Crippen LogP contribution in [0.2, 0.25) is 0 Å². The van der Waals surface area contributed by atoms with Gasteiger partial charge in [-0.2, -0.15) is 0 Å². The molecule has 0 aliphatic rings. The molecule has 0 spiro atoms. The first-order chi connectivity index (χ1) is 13.9. The summed E-state index contributed by atoms with van der Waals surface area (Å²) in [5.41, 5.74) is 0.882. The Bertz CT molecular complexity index is 1180. The minimum Gasteiger partial charge on any atom is -0.308 e. The summed E-state index contributed by atoms with van der Waals surface area (Å²) < 4.78 is 1.87.